The van der Waals surface area contributed by atoms with Crippen LogP contribution in [0.2, 0.25) is 0 Å². The van der Waals surface area contributed by atoms with Gasteiger partial charge in [-0.25, -0.2) is 0 Å². The molecular weight excluding hydrogens is 454 g/mol. The maximum Gasteiger partial charge on any atom is 0.302 e. The Morgan fingerprint density at radius 2 is 1.89 bits per heavy atom. The molecule has 0 radical (unpaired) electrons. The van der Waals surface area contributed by atoms with E-state index in [1.165, 1.54) is 6.92 Å². The van der Waals surface area contributed by atoms with Crippen LogP contribution in [0.4, 0.5) is 0 Å². The fourth-order valence-electron chi connectivity index (χ4n) is 10.9. The fraction of sp³-hybridized carbons (Fsp3) is 0.962. The van der Waals surface area contributed by atoms with Gasteiger partial charge in [0.05, 0.1) is 37.1 Å². The number of likely N-dealkylation sites (tertiary alicyclic amines) is 1. The number of rotatable bonds is 6. The van der Waals surface area contributed by atoms with Crippen LogP contribution >= 0.6 is 0 Å². The number of aliphatic hydroxyl groups excluding tert-OH is 1. The summed E-state index contributed by atoms with van der Waals surface area (Å²) in [5, 5.41) is 37.7. The van der Waals surface area contributed by atoms with Crippen LogP contribution in [-0.2, 0) is 23.7 Å². The van der Waals surface area contributed by atoms with E-state index in [0.29, 0.717) is 32.4 Å². The molecule has 35 heavy (non-hydrogen) atoms. The highest BCUT2D eigenvalue weighted by Gasteiger charge is 2.91. The van der Waals surface area contributed by atoms with E-state index in [-0.39, 0.29) is 48.5 Å². The number of carbonyl (C=O) groups excluding carboxylic acids is 1. The van der Waals surface area contributed by atoms with E-state index in [9.17, 15) is 20.1 Å². The molecule has 9 nitrogen and oxygen atoms in total. The molecule has 1 heterocycles. The number of ether oxygens (including phenoxy) is 4. The van der Waals surface area contributed by atoms with Crippen molar-refractivity contribution in [2.45, 2.75) is 81.2 Å². The zero-order chi connectivity index (χ0) is 25.1. The first-order valence-corrected chi connectivity index (χ1v) is 13.2. The summed E-state index contributed by atoms with van der Waals surface area (Å²) in [7, 11) is 4.93. The molecule has 198 valence electrons. The number of aliphatic hydroxyl groups is 3. The van der Waals surface area contributed by atoms with Gasteiger partial charge in [0.15, 0.2) is 0 Å². The zero-order valence-electron chi connectivity index (χ0n) is 21.5. The van der Waals surface area contributed by atoms with Gasteiger partial charge in [-0.05, 0) is 31.7 Å². The van der Waals surface area contributed by atoms with E-state index in [2.05, 4.69) is 11.8 Å². The van der Waals surface area contributed by atoms with Crippen molar-refractivity contribution in [3.63, 3.8) is 0 Å². The lowest BCUT2D eigenvalue weighted by Gasteiger charge is -2.69. The lowest BCUT2D eigenvalue weighted by Crippen LogP contribution is -2.82. The molecule has 3 N–H and O–H groups in total. The summed E-state index contributed by atoms with van der Waals surface area (Å²) in [4.78, 5) is 14.2. The first-order chi connectivity index (χ1) is 16.6. The summed E-state index contributed by atoms with van der Waals surface area (Å²) < 4.78 is 23.8. The largest absolute Gasteiger partial charge is 0.465 e. The summed E-state index contributed by atoms with van der Waals surface area (Å²) in [6.45, 7) is 4.96. The molecule has 5 aliphatic carbocycles. The van der Waals surface area contributed by atoms with Crippen molar-refractivity contribution >= 4 is 5.97 Å². The van der Waals surface area contributed by atoms with Crippen molar-refractivity contribution in [3.8, 4) is 0 Å². The maximum absolute atomic E-state index is 13.0. The van der Waals surface area contributed by atoms with Gasteiger partial charge < -0.3 is 34.3 Å². The molecule has 1 aliphatic heterocycles. The molecule has 7 bridgehead atoms. The minimum absolute atomic E-state index is 0.0754. The van der Waals surface area contributed by atoms with Crippen LogP contribution in [0.15, 0.2) is 0 Å². The third kappa shape index (κ3) is 2.48. The fourth-order valence-corrected chi connectivity index (χ4v) is 10.9. The van der Waals surface area contributed by atoms with Crippen molar-refractivity contribution in [2.75, 3.05) is 41.0 Å². The van der Waals surface area contributed by atoms with Gasteiger partial charge in [0.25, 0.3) is 0 Å². The van der Waals surface area contributed by atoms with Gasteiger partial charge in [0.2, 0.25) is 0 Å². The first kappa shape index (κ1) is 24.5. The Balaban J connectivity index is 1.63. The second-order valence-corrected chi connectivity index (χ2v) is 12.3. The third-order valence-electron chi connectivity index (χ3n) is 11.6. The van der Waals surface area contributed by atoms with Crippen LogP contribution in [0.25, 0.3) is 0 Å². The van der Waals surface area contributed by atoms with Gasteiger partial charge in [0.1, 0.15) is 11.2 Å². The Kier molecular flexibility index (Phi) is 5.34. The topological polar surface area (TPSA) is 118 Å². The van der Waals surface area contributed by atoms with Crippen molar-refractivity contribution in [1.29, 1.82) is 0 Å². The number of hydrogen-bond donors (Lipinski definition) is 3. The highest BCUT2D eigenvalue weighted by Crippen LogP contribution is 2.80. The van der Waals surface area contributed by atoms with Crippen molar-refractivity contribution in [3.05, 3.63) is 0 Å². The second kappa shape index (κ2) is 7.62. The number of piperidine rings is 1. The average molecular weight is 496 g/mol. The van der Waals surface area contributed by atoms with Gasteiger partial charge in [-0.2, -0.15) is 0 Å². The van der Waals surface area contributed by atoms with Crippen molar-refractivity contribution < 1.29 is 39.1 Å². The summed E-state index contributed by atoms with van der Waals surface area (Å²) in [6.07, 6.45) is 0.349. The smallest absolute Gasteiger partial charge is 0.302 e. The van der Waals surface area contributed by atoms with Gasteiger partial charge in [0, 0.05) is 69.8 Å². The van der Waals surface area contributed by atoms with Crippen molar-refractivity contribution in [1.82, 2.24) is 4.90 Å². The molecule has 1 saturated heterocycles. The molecule has 0 aromatic heterocycles. The highest BCUT2D eigenvalue weighted by molar-refractivity contribution is 5.66. The number of nitrogens with zero attached hydrogens (tertiary/aromatic N) is 1. The van der Waals surface area contributed by atoms with Crippen LogP contribution in [0.1, 0.15) is 39.5 Å². The van der Waals surface area contributed by atoms with Crippen LogP contribution in [0, 0.1) is 34.5 Å². The number of likely N-dealkylation sites (N-methyl/N-ethyl adjacent to an activating group) is 1. The van der Waals surface area contributed by atoms with E-state index < -0.39 is 40.3 Å². The van der Waals surface area contributed by atoms with E-state index in [4.69, 9.17) is 18.9 Å². The Bertz CT molecular complexity index is 903. The molecule has 0 aromatic carbocycles. The molecule has 9 heteroatoms. The molecule has 0 amide bonds. The number of methoxy groups -OCH3 is 3. The van der Waals surface area contributed by atoms with Crippen LogP contribution in [-0.4, -0.2) is 109 Å². The molecule has 6 aliphatic rings. The Hall–Kier alpha value is -0.810. The van der Waals surface area contributed by atoms with E-state index in [0.717, 1.165) is 6.42 Å². The summed E-state index contributed by atoms with van der Waals surface area (Å²) >= 11 is 0. The van der Waals surface area contributed by atoms with Crippen molar-refractivity contribution in [2.24, 2.45) is 34.5 Å². The SMILES string of the molecule is CCN1CC2(COC(C)=O)CCC(O)C34C5CC6C(OC)CC(O)(C5C6OC)C(O)(C(OC)C23)C14. The summed E-state index contributed by atoms with van der Waals surface area (Å²) in [5.41, 5.74) is -4.35. The second-order valence-electron chi connectivity index (χ2n) is 12.3. The molecule has 0 aromatic rings. The average Bonchev–Trinajstić information content (AvgIpc) is 3.25. The third-order valence-corrected chi connectivity index (χ3v) is 11.6. The van der Waals surface area contributed by atoms with Gasteiger partial charge in [-0.15, -0.1) is 0 Å². The van der Waals surface area contributed by atoms with E-state index >= 15 is 0 Å². The predicted octanol–water partition coefficient (Wildman–Crippen LogP) is 0.188. The minimum Gasteiger partial charge on any atom is -0.465 e. The number of esters is 1. The van der Waals surface area contributed by atoms with Gasteiger partial charge >= 0.3 is 5.97 Å². The Morgan fingerprint density at radius 3 is 2.49 bits per heavy atom. The molecule has 6 rings (SSSR count). The normalized spacial score (nSPS) is 57.9. The number of hydrogen-bond acceptors (Lipinski definition) is 9. The molecular formula is C26H41NO8. The lowest BCUT2D eigenvalue weighted by molar-refractivity contribution is -0.318. The quantitative estimate of drug-likeness (QED) is 0.444. The standard InChI is InChI=1S/C26H41NO8/c1-6-27-11-23(12-35-13(2)28)8-7-17(29)25-15-9-14-16(32-3)10-24(30,18(15)19(14)33-4)26(31,22(25)27)21(34-5)20(23)25/h14-22,29-31H,6-12H2,1-5H3. The zero-order valence-corrected chi connectivity index (χ0v) is 21.5. The Labute approximate surface area is 207 Å². The van der Waals surface area contributed by atoms with Gasteiger partial charge in [-0.3, -0.25) is 9.69 Å². The number of carbonyl (C=O) groups is 1. The van der Waals surface area contributed by atoms with Crippen LogP contribution in [0.3, 0.4) is 0 Å². The Morgan fingerprint density at radius 1 is 1.14 bits per heavy atom. The lowest BCUT2D eigenvalue weighted by atomic mass is 9.42. The minimum atomic E-state index is -1.64. The first-order valence-electron chi connectivity index (χ1n) is 13.2. The predicted molar refractivity (Wildman–Crippen MR) is 123 cm³/mol. The summed E-state index contributed by atoms with van der Waals surface area (Å²) in [5.74, 6) is -0.954. The van der Waals surface area contributed by atoms with Crippen LogP contribution < -0.4 is 0 Å². The molecule has 13 unspecified atom stereocenters. The molecule has 1 spiro atoms. The highest BCUT2D eigenvalue weighted by atomic mass is 16.5. The van der Waals surface area contributed by atoms with E-state index in [1.807, 2.05) is 0 Å². The molecule has 13 atom stereocenters. The van der Waals surface area contributed by atoms with Crippen LogP contribution in [0.5, 0.6) is 0 Å². The van der Waals surface area contributed by atoms with Gasteiger partial charge in [-0.1, -0.05) is 6.92 Å². The monoisotopic (exact) mass is 495 g/mol. The summed E-state index contributed by atoms with van der Waals surface area (Å²) in [6, 6.07) is -0.478. The number of fused-ring (bicyclic) bond motifs is 2. The maximum atomic E-state index is 13.0. The molecule has 6 fully saturated rings. The van der Waals surface area contributed by atoms with E-state index in [1.54, 1.807) is 21.3 Å². The molecule has 5 saturated carbocycles.